The summed E-state index contributed by atoms with van der Waals surface area (Å²) < 4.78 is 57.4. The summed E-state index contributed by atoms with van der Waals surface area (Å²) in [5.41, 5.74) is 4.99. The number of amides is 2. The zero-order valence-corrected chi connectivity index (χ0v) is 19.9. The Morgan fingerprint density at radius 1 is 1.26 bits per heavy atom. The monoisotopic (exact) mass is 507 g/mol. The number of nitrogens with two attached hydrogens (primary N) is 1. The van der Waals surface area contributed by atoms with Gasteiger partial charge in [-0.2, -0.15) is 5.10 Å². The third kappa shape index (κ3) is 4.81. The number of halogens is 2. The molecule has 1 saturated heterocycles. The van der Waals surface area contributed by atoms with Crippen molar-refractivity contribution < 1.29 is 31.5 Å². The van der Waals surface area contributed by atoms with Crippen molar-refractivity contribution in [2.24, 2.45) is 5.73 Å². The van der Waals surface area contributed by atoms with Crippen LogP contribution in [0.1, 0.15) is 37.2 Å². The van der Waals surface area contributed by atoms with E-state index >= 15 is 0 Å². The number of fused-ring (bicyclic) bond motifs is 1. The number of nitrogens with zero attached hydrogens (tertiary/aromatic N) is 3. The van der Waals surface area contributed by atoms with Gasteiger partial charge in [0.25, 0.3) is 5.91 Å². The molecule has 186 valence electrons. The number of sulfone groups is 1. The maximum absolute atomic E-state index is 14.8. The minimum atomic E-state index is -3.19. The molecular weight excluding hydrogens is 484 g/mol. The summed E-state index contributed by atoms with van der Waals surface area (Å²) in [5, 5.41) is 7.02. The fraction of sp³-hybridized carbons (Fsp3) is 0.364. The second kappa shape index (κ2) is 8.56. The van der Waals surface area contributed by atoms with E-state index in [0.29, 0.717) is 0 Å². The summed E-state index contributed by atoms with van der Waals surface area (Å²) in [6.07, 6.45) is -0.398. The molecule has 1 fully saturated rings. The molecule has 3 N–H and O–H groups in total. The molecule has 0 radical (unpaired) electrons. The molecule has 2 unspecified atom stereocenters. The predicted octanol–water partition coefficient (Wildman–Crippen LogP) is 1.89. The lowest BCUT2D eigenvalue weighted by molar-refractivity contribution is -0.120. The highest BCUT2D eigenvalue weighted by Gasteiger charge is 2.45. The lowest BCUT2D eigenvalue weighted by Crippen LogP contribution is -2.63. The summed E-state index contributed by atoms with van der Waals surface area (Å²) in [7, 11) is -3.19. The number of rotatable bonds is 7. The number of hydrogen-bond donors (Lipinski definition) is 2. The van der Waals surface area contributed by atoms with Gasteiger partial charge in [-0.25, -0.2) is 17.2 Å². The van der Waals surface area contributed by atoms with Crippen molar-refractivity contribution in [2.75, 3.05) is 11.5 Å². The van der Waals surface area contributed by atoms with Crippen LogP contribution in [0.5, 0.6) is 5.75 Å². The van der Waals surface area contributed by atoms with E-state index in [9.17, 15) is 26.8 Å². The molecule has 2 aromatic heterocycles. The van der Waals surface area contributed by atoms with Crippen molar-refractivity contribution in [3.8, 4) is 17.0 Å². The number of nitrogens with one attached hydrogen (secondary N) is 1. The highest BCUT2D eigenvalue weighted by Crippen LogP contribution is 2.33. The molecule has 2 atom stereocenters. The Hall–Kier alpha value is -3.61. The fourth-order valence-electron chi connectivity index (χ4n) is 4.03. The minimum Gasteiger partial charge on any atom is -0.461 e. The van der Waals surface area contributed by atoms with Crippen LogP contribution >= 0.6 is 0 Å². The Labute approximate surface area is 199 Å². The number of primary amides is 1. The van der Waals surface area contributed by atoms with E-state index in [1.807, 2.05) is 0 Å². The average Bonchev–Trinajstić information content (AvgIpc) is 3.11. The fourth-order valence-corrected chi connectivity index (χ4v) is 6.04. The zero-order valence-electron chi connectivity index (χ0n) is 19.1. The molecule has 0 aliphatic carbocycles. The molecule has 35 heavy (non-hydrogen) atoms. The van der Waals surface area contributed by atoms with Gasteiger partial charge in [-0.1, -0.05) is 0 Å². The molecule has 0 bridgehead atoms. The molecule has 3 heterocycles. The third-order valence-electron chi connectivity index (χ3n) is 5.57. The summed E-state index contributed by atoms with van der Waals surface area (Å²) in [6.45, 7) is 4.27. The van der Waals surface area contributed by atoms with Gasteiger partial charge >= 0.3 is 0 Å². The maximum Gasteiger partial charge on any atom is 0.253 e. The third-order valence-corrected chi connectivity index (χ3v) is 7.72. The SMILES string of the molecule is CC(F)Oc1ccc(F)c(-c2nn(C(C)C(N)=O)c3cc(C(=O)NC4(C)CS(=O)(=O)C4)cnc23)c1. The second-order valence-electron chi connectivity index (χ2n) is 8.81. The Morgan fingerprint density at radius 3 is 2.54 bits per heavy atom. The van der Waals surface area contributed by atoms with Crippen molar-refractivity contribution in [1.29, 1.82) is 0 Å². The number of benzene rings is 1. The Kier molecular flexibility index (Phi) is 5.99. The summed E-state index contributed by atoms with van der Waals surface area (Å²) in [4.78, 5) is 29.0. The van der Waals surface area contributed by atoms with Gasteiger partial charge in [0.05, 0.1) is 28.1 Å². The van der Waals surface area contributed by atoms with Crippen molar-refractivity contribution in [3.05, 3.63) is 41.8 Å². The van der Waals surface area contributed by atoms with Gasteiger partial charge in [0.1, 0.15) is 28.8 Å². The van der Waals surface area contributed by atoms with E-state index in [2.05, 4.69) is 15.4 Å². The zero-order chi connectivity index (χ0) is 25.7. The van der Waals surface area contributed by atoms with E-state index in [4.69, 9.17) is 10.5 Å². The van der Waals surface area contributed by atoms with E-state index in [1.54, 1.807) is 6.92 Å². The standard InChI is InChI=1S/C22H23F2N5O5S/c1-11(20(25)30)29-17-6-13(21(31)27-22(3)9-35(32,33)10-22)8-26-19(17)18(28-29)15-7-14(34-12(2)23)4-5-16(15)24/h4-8,11-12H,9-10H2,1-3H3,(H2,25,30)(H,27,31). The lowest BCUT2D eigenvalue weighted by Gasteiger charge is -2.38. The van der Waals surface area contributed by atoms with Crippen molar-refractivity contribution in [3.63, 3.8) is 0 Å². The molecule has 4 rings (SSSR count). The maximum atomic E-state index is 14.8. The average molecular weight is 508 g/mol. The van der Waals surface area contributed by atoms with E-state index in [0.717, 1.165) is 6.07 Å². The topological polar surface area (TPSA) is 146 Å². The number of hydrogen-bond acceptors (Lipinski definition) is 7. The van der Waals surface area contributed by atoms with Crippen LogP contribution < -0.4 is 15.8 Å². The molecule has 1 aromatic carbocycles. The van der Waals surface area contributed by atoms with Crippen molar-refractivity contribution >= 4 is 32.7 Å². The smallest absolute Gasteiger partial charge is 0.253 e. The largest absolute Gasteiger partial charge is 0.461 e. The first kappa shape index (κ1) is 24.5. The number of alkyl halides is 1. The highest BCUT2D eigenvalue weighted by molar-refractivity contribution is 7.93. The Morgan fingerprint density at radius 2 is 1.94 bits per heavy atom. The van der Waals surface area contributed by atoms with Gasteiger partial charge in [-0.05, 0) is 38.1 Å². The van der Waals surface area contributed by atoms with Crippen molar-refractivity contribution in [1.82, 2.24) is 20.1 Å². The van der Waals surface area contributed by atoms with Crippen LogP contribution in [0.2, 0.25) is 0 Å². The molecule has 13 heteroatoms. The van der Waals surface area contributed by atoms with E-state index in [1.165, 1.54) is 42.9 Å². The van der Waals surface area contributed by atoms with Crippen molar-refractivity contribution in [2.45, 2.75) is 38.7 Å². The second-order valence-corrected chi connectivity index (χ2v) is 10.9. The van der Waals surface area contributed by atoms with Gasteiger partial charge in [-0.3, -0.25) is 19.3 Å². The number of ether oxygens (including phenoxy) is 1. The highest BCUT2D eigenvalue weighted by atomic mass is 32.2. The van der Waals surface area contributed by atoms with Gasteiger partial charge in [0, 0.05) is 18.7 Å². The first-order valence-corrected chi connectivity index (χ1v) is 12.4. The lowest BCUT2D eigenvalue weighted by atomic mass is 10.1. The summed E-state index contributed by atoms with van der Waals surface area (Å²) >= 11 is 0. The van der Waals surface area contributed by atoms with Gasteiger partial charge in [-0.15, -0.1) is 0 Å². The molecule has 0 saturated carbocycles. The molecule has 0 spiro atoms. The van der Waals surface area contributed by atoms with Crippen LogP contribution in [0.4, 0.5) is 8.78 Å². The number of pyridine rings is 1. The molecule has 2 amide bonds. The van der Waals surface area contributed by atoms with Gasteiger partial charge in [0.15, 0.2) is 9.84 Å². The van der Waals surface area contributed by atoms with Gasteiger partial charge < -0.3 is 15.8 Å². The summed E-state index contributed by atoms with van der Waals surface area (Å²) in [5.74, 6) is -2.30. The van der Waals surface area contributed by atoms with Crippen LogP contribution in [0, 0.1) is 5.82 Å². The van der Waals surface area contributed by atoms with E-state index in [-0.39, 0.29) is 45.1 Å². The number of carbonyl (C=O) groups excluding carboxylic acids is 2. The van der Waals surface area contributed by atoms with Crippen LogP contribution in [0.25, 0.3) is 22.3 Å². The molecular formula is C22H23F2N5O5S. The quantitative estimate of drug-likeness (QED) is 0.496. The van der Waals surface area contributed by atoms with Crippen LogP contribution in [-0.2, 0) is 14.6 Å². The van der Waals surface area contributed by atoms with Crippen LogP contribution in [0.3, 0.4) is 0 Å². The molecule has 1 aliphatic rings. The first-order chi connectivity index (χ1) is 16.3. The molecule has 3 aromatic rings. The number of carbonyl (C=O) groups is 2. The normalized spacial score (nSPS) is 17.9. The van der Waals surface area contributed by atoms with Gasteiger partial charge in [0.2, 0.25) is 12.3 Å². The predicted molar refractivity (Wildman–Crippen MR) is 123 cm³/mol. The number of aromatic nitrogens is 3. The van der Waals surface area contributed by atoms with E-state index < -0.39 is 45.4 Å². The minimum absolute atomic E-state index is 0.0339. The first-order valence-electron chi connectivity index (χ1n) is 10.6. The Bertz CT molecular complexity index is 1440. The summed E-state index contributed by atoms with van der Waals surface area (Å²) in [6, 6.07) is 4.04. The molecule has 1 aliphatic heterocycles. The molecule has 10 nitrogen and oxygen atoms in total. The van der Waals surface area contributed by atoms with Crippen LogP contribution in [-0.4, -0.2) is 58.4 Å². The Balaban J connectivity index is 1.80. The van der Waals surface area contributed by atoms with Crippen LogP contribution in [0.15, 0.2) is 30.5 Å².